The zero-order chi connectivity index (χ0) is 22.0. The van der Waals surface area contributed by atoms with Crippen LogP contribution in [0.15, 0.2) is 29.3 Å². The third-order valence-corrected chi connectivity index (χ3v) is 7.82. The third kappa shape index (κ3) is 4.83. The summed E-state index contributed by atoms with van der Waals surface area (Å²) in [5.41, 5.74) is 0.289. The molecule has 2 aromatic rings. The fourth-order valence-corrected chi connectivity index (χ4v) is 5.05. The van der Waals surface area contributed by atoms with E-state index in [1.165, 1.54) is 29.9 Å². The Labute approximate surface area is 186 Å². The van der Waals surface area contributed by atoms with E-state index in [1.54, 1.807) is 17.2 Å². The number of sulfone groups is 1. The number of thiazole rings is 1. The summed E-state index contributed by atoms with van der Waals surface area (Å²) in [6.45, 7) is 2.68. The van der Waals surface area contributed by atoms with Crippen molar-refractivity contribution in [2.45, 2.75) is 24.2 Å². The number of carbonyl (C=O) groups is 1. The maximum Gasteiger partial charge on any atom is 0.257 e. The number of rotatable bonds is 6. The number of nitriles is 1. The Bertz CT molecular complexity index is 1110. The van der Waals surface area contributed by atoms with Crippen molar-refractivity contribution < 1.29 is 17.9 Å². The second-order valence-corrected chi connectivity index (χ2v) is 11.0. The summed E-state index contributed by atoms with van der Waals surface area (Å²) in [6.07, 6.45) is 6.13. The predicted octanol–water partition coefficient (Wildman–Crippen LogP) is 2.56. The molecule has 0 N–H and O–H groups in total. The lowest BCUT2D eigenvalue weighted by Gasteiger charge is -2.35. The SMILES string of the molecule is CS(=O)(=O)c1ccc(OCC2CCC2)c(C(=O)N2CCN(c3ncc(C#N)s3)CC2)c1. The fraction of sp³-hybridized carbons (Fsp3) is 0.476. The topological polar surface area (TPSA) is 104 Å². The molecule has 1 saturated heterocycles. The van der Waals surface area contributed by atoms with Crippen LogP contribution in [0.3, 0.4) is 0 Å². The fourth-order valence-electron chi connectivity index (χ4n) is 3.63. The van der Waals surface area contributed by atoms with Crippen LogP contribution in [-0.2, 0) is 9.84 Å². The predicted molar refractivity (Wildman–Crippen MR) is 117 cm³/mol. The van der Waals surface area contributed by atoms with Gasteiger partial charge in [0, 0.05) is 32.4 Å². The lowest BCUT2D eigenvalue weighted by atomic mass is 9.86. The Morgan fingerprint density at radius 3 is 2.61 bits per heavy atom. The molecule has 31 heavy (non-hydrogen) atoms. The first kappa shape index (κ1) is 21.6. The van der Waals surface area contributed by atoms with Gasteiger partial charge in [0.25, 0.3) is 5.91 Å². The molecule has 1 amide bonds. The number of ether oxygens (including phenoxy) is 1. The van der Waals surface area contributed by atoms with Crippen molar-refractivity contribution in [3.63, 3.8) is 0 Å². The van der Waals surface area contributed by atoms with Gasteiger partial charge in [0.15, 0.2) is 15.0 Å². The van der Waals surface area contributed by atoms with Crippen LogP contribution in [0.1, 0.15) is 34.5 Å². The second kappa shape index (κ2) is 8.85. The van der Waals surface area contributed by atoms with Gasteiger partial charge >= 0.3 is 0 Å². The number of hydrogen-bond acceptors (Lipinski definition) is 8. The number of aromatic nitrogens is 1. The Morgan fingerprint density at radius 1 is 1.29 bits per heavy atom. The Balaban J connectivity index is 1.50. The summed E-state index contributed by atoms with van der Waals surface area (Å²) in [5.74, 6) is 0.702. The van der Waals surface area contributed by atoms with Crippen molar-refractivity contribution in [3.05, 3.63) is 34.8 Å². The summed E-state index contributed by atoms with van der Waals surface area (Å²) >= 11 is 1.33. The molecule has 0 radical (unpaired) electrons. The van der Waals surface area contributed by atoms with Crippen molar-refractivity contribution >= 4 is 32.2 Å². The Morgan fingerprint density at radius 2 is 2.03 bits per heavy atom. The van der Waals surface area contributed by atoms with E-state index in [9.17, 15) is 13.2 Å². The van der Waals surface area contributed by atoms with Crippen molar-refractivity contribution in [2.24, 2.45) is 5.92 Å². The number of amides is 1. The van der Waals surface area contributed by atoms with Crippen LogP contribution in [0.25, 0.3) is 0 Å². The van der Waals surface area contributed by atoms with Gasteiger partial charge in [-0.05, 0) is 37.0 Å². The molecule has 1 saturated carbocycles. The summed E-state index contributed by atoms with van der Waals surface area (Å²) in [6, 6.07) is 6.61. The summed E-state index contributed by atoms with van der Waals surface area (Å²) in [4.78, 5) is 22.0. The highest BCUT2D eigenvalue weighted by Gasteiger charge is 2.27. The van der Waals surface area contributed by atoms with Gasteiger partial charge < -0.3 is 14.5 Å². The number of anilines is 1. The number of hydrogen-bond donors (Lipinski definition) is 0. The molecule has 0 unspecified atom stereocenters. The first-order valence-corrected chi connectivity index (χ1v) is 12.9. The molecule has 8 nitrogen and oxygen atoms in total. The first-order valence-electron chi connectivity index (χ1n) is 10.2. The molecule has 1 aliphatic heterocycles. The van der Waals surface area contributed by atoms with E-state index in [1.807, 2.05) is 0 Å². The van der Waals surface area contributed by atoms with Crippen molar-refractivity contribution in [1.29, 1.82) is 5.26 Å². The van der Waals surface area contributed by atoms with Crippen LogP contribution in [0.4, 0.5) is 5.13 Å². The molecule has 2 heterocycles. The Hall–Kier alpha value is -2.64. The monoisotopic (exact) mass is 460 g/mol. The molecule has 164 valence electrons. The molecule has 1 aliphatic carbocycles. The van der Waals surface area contributed by atoms with Crippen LogP contribution in [0, 0.1) is 17.2 Å². The maximum atomic E-state index is 13.3. The average Bonchev–Trinajstić information content (AvgIpc) is 3.21. The minimum absolute atomic E-state index is 0.109. The van der Waals surface area contributed by atoms with E-state index in [0.29, 0.717) is 49.3 Å². The Kier molecular flexibility index (Phi) is 6.16. The standard InChI is InChI=1S/C21H24N4O4S2/c1-31(27,28)17-5-6-19(29-14-15-3-2-4-15)18(11-17)20(26)24-7-9-25(10-8-24)21-23-13-16(12-22)30-21/h5-6,11,13,15H,2-4,7-10,14H2,1H3. The van der Waals surface area contributed by atoms with Crippen LogP contribution in [-0.4, -0.2) is 63.3 Å². The molecular formula is C21H24N4O4S2. The van der Waals surface area contributed by atoms with Crippen molar-refractivity contribution in [3.8, 4) is 11.8 Å². The highest BCUT2D eigenvalue weighted by atomic mass is 32.2. The van der Waals surface area contributed by atoms with Gasteiger partial charge in [0.1, 0.15) is 16.7 Å². The quantitative estimate of drug-likeness (QED) is 0.652. The minimum Gasteiger partial charge on any atom is -0.492 e. The van der Waals surface area contributed by atoms with E-state index >= 15 is 0 Å². The van der Waals surface area contributed by atoms with Gasteiger partial charge in [0.05, 0.1) is 23.3 Å². The van der Waals surface area contributed by atoms with Gasteiger partial charge in [-0.1, -0.05) is 17.8 Å². The van der Waals surface area contributed by atoms with Crippen molar-refractivity contribution in [1.82, 2.24) is 9.88 Å². The van der Waals surface area contributed by atoms with E-state index in [4.69, 9.17) is 10.00 Å². The maximum absolute atomic E-state index is 13.3. The van der Waals surface area contributed by atoms with Crippen molar-refractivity contribution in [2.75, 3.05) is 43.9 Å². The lowest BCUT2D eigenvalue weighted by molar-refractivity contribution is 0.0739. The van der Waals surface area contributed by atoms with Gasteiger partial charge in [-0.3, -0.25) is 4.79 Å². The van der Waals surface area contributed by atoms with Crippen LogP contribution >= 0.6 is 11.3 Å². The number of carbonyl (C=O) groups excluding carboxylic acids is 1. The normalized spacial score (nSPS) is 17.2. The number of piperazine rings is 1. The zero-order valence-electron chi connectivity index (χ0n) is 17.3. The van der Waals surface area contributed by atoms with E-state index < -0.39 is 9.84 Å². The minimum atomic E-state index is -3.44. The van der Waals surface area contributed by atoms with E-state index in [0.717, 1.165) is 24.2 Å². The van der Waals surface area contributed by atoms with E-state index in [2.05, 4.69) is 16.0 Å². The van der Waals surface area contributed by atoms with Gasteiger partial charge in [-0.2, -0.15) is 5.26 Å². The highest BCUT2D eigenvalue weighted by Crippen LogP contribution is 2.30. The highest BCUT2D eigenvalue weighted by molar-refractivity contribution is 7.90. The number of nitrogens with zero attached hydrogens (tertiary/aromatic N) is 4. The van der Waals surface area contributed by atoms with Gasteiger partial charge in [-0.15, -0.1) is 0 Å². The van der Waals surface area contributed by atoms with Gasteiger partial charge in [-0.25, -0.2) is 13.4 Å². The molecule has 1 aromatic heterocycles. The second-order valence-electron chi connectivity index (χ2n) is 7.94. The molecule has 0 spiro atoms. The molecule has 2 fully saturated rings. The molecule has 0 bridgehead atoms. The smallest absolute Gasteiger partial charge is 0.257 e. The molecular weight excluding hydrogens is 436 g/mol. The van der Waals surface area contributed by atoms with E-state index in [-0.39, 0.29) is 16.4 Å². The zero-order valence-corrected chi connectivity index (χ0v) is 18.9. The number of benzene rings is 1. The largest absolute Gasteiger partial charge is 0.492 e. The molecule has 0 atom stereocenters. The summed E-state index contributed by atoms with van der Waals surface area (Å²) in [7, 11) is -3.44. The van der Waals surface area contributed by atoms with Crippen LogP contribution < -0.4 is 9.64 Å². The third-order valence-electron chi connectivity index (χ3n) is 5.75. The molecule has 10 heteroatoms. The lowest BCUT2D eigenvalue weighted by Crippen LogP contribution is -2.48. The first-order chi connectivity index (χ1) is 14.8. The average molecular weight is 461 g/mol. The molecule has 2 aliphatic rings. The molecule has 4 rings (SSSR count). The molecule has 1 aromatic carbocycles. The summed E-state index contributed by atoms with van der Waals surface area (Å²) < 4.78 is 30.0. The summed E-state index contributed by atoms with van der Waals surface area (Å²) in [5, 5.41) is 9.76. The van der Waals surface area contributed by atoms with Gasteiger partial charge in [0.2, 0.25) is 0 Å². The van der Waals surface area contributed by atoms with Crippen LogP contribution in [0.2, 0.25) is 0 Å². The van der Waals surface area contributed by atoms with Crippen LogP contribution in [0.5, 0.6) is 5.75 Å².